The van der Waals surface area contributed by atoms with Gasteiger partial charge in [0.1, 0.15) is 11.9 Å². The summed E-state index contributed by atoms with van der Waals surface area (Å²) in [6.45, 7) is 0.264. The number of hydrogen-bond donors (Lipinski definition) is 1. The van der Waals surface area contributed by atoms with E-state index in [-0.39, 0.29) is 18.3 Å². The Hall–Kier alpha value is -2.51. The maximum atomic E-state index is 13.3. The number of ether oxygens (including phenoxy) is 1. The lowest BCUT2D eigenvalue weighted by molar-refractivity contribution is -0.143. The molecule has 2 heterocycles. The van der Waals surface area contributed by atoms with Gasteiger partial charge in [-0.25, -0.2) is 9.37 Å². The second-order valence-corrected chi connectivity index (χ2v) is 6.40. The smallest absolute Gasteiger partial charge is 0.323 e. The number of esters is 1. The number of carbonyl (C=O) groups excluding carboxylic acids is 1. The molecule has 130 valence electrons. The fourth-order valence-electron chi connectivity index (χ4n) is 2.39. The van der Waals surface area contributed by atoms with Crippen molar-refractivity contribution in [1.29, 1.82) is 0 Å². The molecule has 0 fully saturated rings. The topological polar surface area (TPSA) is 64.4 Å². The molecule has 1 atom stereocenters. The minimum atomic E-state index is -0.492. The van der Waals surface area contributed by atoms with E-state index in [0.717, 1.165) is 4.88 Å². The third kappa shape index (κ3) is 4.52. The zero-order valence-electron chi connectivity index (χ0n) is 13.6. The van der Waals surface area contributed by atoms with E-state index in [0.29, 0.717) is 23.6 Å². The molecule has 1 aromatic carbocycles. The predicted molar refractivity (Wildman–Crippen MR) is 92.6 cm³/mol. The van der Waals surface area contributed by atoms with Gasteiger partial charge in [-0.3, -0.25) is 10.1 Å². The highest BCUT2D eigenvalue weighted by atomic mass is 32.1. The van der Waals surface area contributed by atoms with E-state index in [4.69, 9.17) is 9.15 Å². The highest BCUT2D eigenvalue weighted by molar-refractivity contribution is 7.09. The molecule has 0 saturated heterocycles. The van der Waals surface area contributed by atoms with E-state index >= 15 is 0 Å². The first-order valence-corrected chi connectivity index (χ1v) is 8.58. The normalized spacial score (nSPS) is 12.1. The molecule has 0 saturated carbocycles. The Morgan fingerprint density at radius 2 is 2.28 bits per heavy atom. The van der Waals surface area contributed by atoms with Crippen LogP contribution in [-0.4, -0.2) is 24.1 Å². The van der Waals surface area contributed by atoms with Crippen molar-refractivity contribution in [1.82, 2.24) is 10.3 Å². The lowest BCUT2D eigenvalue weighted by Gasteiger charge is -2.14. The first-order chi connectivity index (χ1) is 12.2. The van der Waals surface area contributed by atoms with E-state index in [2.05, 4.69) is 10.3 Å². The molecule has 0 aliphatic rings. The first-order valence-electron chi connectivity index (χ1n) is 7.70. The number of aromatic nitrogens is 1. The molecule has 1 unspecified atom stereocenters. The molecule has 0 bridgehead atoms. The second kappa shape index (κ2) is 8.04. The molecule has 0 aliphatic carbocycles. The van der Waals surface area contributed by atoms with Gasteiger partial charge in [0, 0.05) is 16.9 Å². The highest BCUT2D eigenvalue weighted by Crippen LogP contribution is 2.21. The Morgan fingerprint density at radius 1 is 1.40 bits per heavy atom. The number of nitrogens with zero attached hydrogens (tertiary/aromatic N) is 1. The van der Waals surface area contributed by atoms with Gasteiger partial charge in [0.2, 0.25) is 5.89 Å². The molecule has 25 heavy (non-hydrogen) atoms. The van der Waals surface area contributed by atoms with Crippen molar-refractivity contribution in [3.05, 3.63) is 64.6 Å². The lowest BCUT2D eigenvalue weighted by Crippen LogP contribution is -2.38. The van der Waals surface area contributed by atoms with Crippen LogP contribution in [0.25, 0.3) is 11.3 Å². The standard InChI is InChI=1S/C18H17FN2O3S/c1-23-18(22)15(9-14-6-3-7-25-14)20-11-17-21-10-16(24-17)12-4-2-5-13(19)8-12/h2-8,10,15,20H,9,11H2,1H3. The lowest BCUT2D eigenvalue weighted by atomic mass is 10.2. The maximum Gasteiger partial charge on any atom is 0.323 e. The van der Waals surface area contributed by atoms with Gasteiger partial charge >= 0.3 is 5.97 Å². The van der Waals surface area contributed by atoms with Crippen LogP contribution in [0.5, 0.6) is 0 Å². The van der Waals surface area contributed by atoms with Crippen LogP contribution < -0.4 is 5.32 Å². The Bertz CT molecular complexity index is 832. The summed E-state index contributed by atoms with van der Waals surface area (Å²) in [7, 11) is 1.36. The summed E-state index contributed by atoms with van der Waals surface area (Å²) in [6.07, 6.45) is 2.07. The number of thiophene rings is 1. The van der Waals surface area contributed by atoms with Crippen molar-refractivity contribution in [3.8, 4) is 11.3 Å². The second-order valence-electron chi connectivity index (χ2n) is 5.37. The van der Waals surface area contributed by atoms with Gasteiger partial charge < -0.3 is 9.15 Å². The molecule has 0 aliphatic heterocycles. The van der Waals surface area contributed by atoms with Gasteiger partial charge in [-0.1, -0.05) is 18.2 Å². The van der Waals surface area contributed by atoms with Crippen molar-refractivity contribution >= 4 is 17.3 Å². The fraction of sp³-hybridized carbons (Fsp3) is 0.222. The average molecular weight is 360 g/mol. The number of methoxy groups -OCH3 is 1. The van der Waals surface area contributed by atoms with Crippen molar-refractivity contribution in [2.45, 2.75) is 19.0 Å². The molecule has 0 radical (unpaired) electrons. The van der Waals surface area contributed by atoms with Gasteiger partial charge in [-0.15, -0.1) is 11.3 Å². The third-order valence-electron chi connectivity index (χ3n) is 3.63. The number of hydrogen-bond acceptors (Lipinski definition) is 6. The van der Waals surface area contributed by atoms with Crippen molar-refractivity contribution in [2.24, 2.45) is 0 Å². The van der Waals surface area contributed by atoms with E-state index < -0.39 is 6.04 Å². The molecule has 1 N–H and O–H groups in total. The van der Waals surface area contributed by atoms with Crippen molar-refractivity contribution in [3.63, 3.8) is 0 Å². The largest absolute Gasteiger partial charge is 0.468 e. The SMILES string of the molecule is COC(=O)C(Cc1cccs1)NCc1ncc(-c2cccc(F)c2)o1. The number of benzene rings is 1. The summed E-state index contributed by atoms with van der Waals surface area (Å²) in [6, 6.07) is 9.52. The third-order valence-corrected chi connectivity index (χ3v) is 4.53. The van der Waals surface area contributed by atoms with E-state index in [1.54, 1.807) is 23.5 Å². The van der Waals surface area contributed by atoms with Crippen LogP contribution in [0.15, 0.2) is 52.4 Å². The molecule has 5 nitrogen and oxygen atoms in total. The molecular weight excluding hydrogens is 343 g/mol. The first kappa shape index (κ1) is 17.3. The minimum Gasteiger partial charge on any atom is -0.468 e. The molecule has 0 amide bonds. The summed E-state index contributed by atoms with van der Waals surface area (Å²) in [5.41, 5.74) is 0.613. The maximum absolute atomic E-state index is 13.3. The Balaban J connectivity index is 1.66. The van der Waals surface area contributed by atoms with Crippen LogP contribution in [-0.2, 0) is 22.5 Å². The summed E-state index contributed by atoms with van der Waals surface area (Å²) >= 11 is 1.58. The number of oxazole rings is 1. The number of carbonyl (C=O) groups is 1. The van der Waals surface area contributed by atoms with Crippen molar-refractivity contribution < 1.29 is 18.3 Å². The van der Waals surface area contributed by atoms with Gasteiger partial charge in [0.05, 0.1) is 19.9 Å². The fourth-order valence-corrected chi connectivity index (χ4v) is 3.14. The van der Waals surface area contributed by atoms with E-state index in [1.807, 2.05) is 17.5 Å². The van der Waals surface area contributed by atoms with Crippen LogP contribution >= 0.6 is 11.3 Å². The zero-order chi connectivity index (χ0) is 17.6. The average Bonchev–Trinajstić information content (AvgIpc) is 3.29. The molecular formula is C18H17FN2O3S. The van der Waals surface area contributed by atoms with Gasteiger partial charge in [0.15, 0.2) is 5.76 Å². The van der Waals surface area contributed by atoms with Crippen molar-refractivity contribution in [2.75, 3.05) is 7.11 Å². The van der Waals surface area contributed by atoms with E-state index in [1.165, 1.54) is 25.4 Å². The Morgan fingerprint density at radius 3 is 3.00 bits per heavy atom. The van der Waals surface area contributed by atoms with Gasteiger partial charge in [-0.2, -0.15) is 0 Å². The summed E-state index contributed by atoms with van der Waals surface area (Å²) in [5.74, 6) is 0.212. The molecule has 2 aromatic heterocycles. The molecule has 3 aromatic rings. The molecule has 7 heteroatoms. The van der Waals surface area contributed by atoms with Crippen LogP contribution in [0.2, 0.25) is 0 Å². The van der Waals surface area contributed by atoms with Crippen LogP contribution in [0.4, 0.5) is 4.39 Å². The quantitative estimate of drug-likeness (QED) is 0.654. The monoisotopic (exact) mass is 360 g/mol. The molecule has 0 spiro atoms. The predicted octanol–water partition coefficient (Wildman–Crippen LogP) is 3.42. The molecule has 3 rings (SSSR count). The minimum absolute atomic E-state index is 0.264. The number of rotatable bonds is 7. The zero-order valence-corrected chi connectivity index (χ0v) is 14.4. The number of halogens is 1. The highest BCUT2D eigenvalue weighted by Gasteiger charge is 2.20. The Labute approximate surface area is 148 Å². The summed E-state index contributed by atoms with van der Waals surface area (Å²) < 4.78 is 23.8. The Kier molecular flexibility index (Phi) is 5.57. The van der Waals surface area contributed by atoms with Gasteiger partial charge in [-0.05, 0) is 23.6 Å². The van der Waals surface area contributed by atoms with Crippen LogP contribution in [0.1, 0.15) is 10.8 Å². The van der Waals surface area contributed by atoms with Crippen LogP contribution in [0.3, 0.4) is 0 Å². The summed E-state index contributed by atoms with van der Waals surface area (Å²) in [5, 5.41) is 5.06. The van der Waals surface area contributed by atoms with E-state index in [9.17, 15) is 9.18 Å². The van der Waals surface area contributed by atoms with Crippen LogP contribution in [0, 0.1) is 5.82 Å². The van der Waals surface area contributed by atoms with Gasteiger partial charge in [0.25, 0.3) is 0 Å². The summed E-state index contributed by atoms with van der Waals surface area (Å²) in [4.78, 5) is 17.2. The number of nitrogens with one attached hydrogen (secondary N) is 1.